The molecule has 1 fully saturated rings. The number of hydrogen-bond donors (Lipinski definition) is 0. The largest absolute Gasteiger partial charge is 0.311 e. The summed E-state index contributed by atoms with van der Waals surface area (Å²) in [4.78, 5) is 17.0. The smallest absolute Gasteiger partial charge is 0.232 e. The van der Waals surface area contributed by atoms with Gasteiger partial charge in [-0.05, 0) is 67.9 Å². The summed E-state index contributed by atoms with van der Waals surface area (Å²) in [6, 6.07) is 8.19. The minimum atomic E-state index is -0.535. The van der Waals surface area contributed by atoms with Crippen LogP contribution in [0.15, 0.2) is 36.4 Å². The van der Waals surface area contributed by atoms with Crippen molar-refractivity contribution in [1.29, 1.82) is 0 Å². The minimum absolute atomic E-state index is 0.0245. The Hall–Kier alpha value is -2.34. The lowest BCUT2D eigenvalue weighted by Crippen LogP contribution is -2.47. The molecular formula is C24H27F3N2O. The first-order valence-electron chi connectivity index (χ1n) is 10.4. The predicted molar refractivity (Wildman–Crippen MR) is 111 cm³/mol. The lowest BCUT2D eigenvalue weighted by molar-refractivity contribution is -0.125. The molecule has 6 heteroatoms. The molecule has 0 aromatic heterocycles. The number of carbonyl (C=O) groups is 1. The van der Waals surface area contributed by atoms with E-state index in [-0.39, 0.29) is 17.1 Å². The van der Waals surface area contributed by atoms with Crippen molar-refractivity contribution in [3.8, 4) is 0 Å². The molecule has 0 radical (unpaired) electrons. The second-order valence-electron chi connectivity index (χ2n) is 9.59. The summed E-state index contributed by atoms with van der Waals surface area (Å²) in [5, 5.41) is 0. The van der Waals surface area contributed by atoms with Gasteiger partial charge >= 0.3 is 0 Å². The summed E-state index contributed by atoms with van der Waals surface area (Å²) in [5.74, 6) is -1.14. The van der Waals surface area contributed by atoms with Gasteiger partial charge in [-0.15, -0.1) is 0 Å². The molecule has 0 unspecified atom stereocenters. The van der Waals surface area contributed by atoms with E-state index in [1.807, 2.05) is 20.8 Å². The van der Waals surface area contributed by atoms with Crippen molar-refractivity contribution in [1.82, 2.24) is 4.90 Å². The SMILES string of the molecule is CC(C)(C)C(=O)N1CC2(CCN(Cc3cc(F)ccc3F)CC2)c2cc(F)ccc21. The van der Waals surface area contributed by atoms with Crippen molar-refractivity contribution in [2.45, 2.75) is 45.6 Å². The van der Waals surface area contributed by atoms with E-state index in [4.69, 9.17) is 0 Å². The molecule has 2 aliphatic rings. The van der Waals surface area contributed by atoms with Crippen LogP contribution in [-0.4, -0.2) is 30.4 Å². The Morgan fingerprint density at radius 3 is 2.30 bits per heavy atom. The summed E-state index contributed by atoms with van der Waals surface area (Å²) >= 11 is 0. The number of carbonyl (C=O) groups excluding carboxylic acids is 1. The summed E-state index contributed by atoms with van der Waals surface area (Å²) in [7, 11) is 0. The van der Waals surface area contributed by atoms with E-state index in [1.165, 1.54) is 12.1 Å². The van der Waals surface area contributed by atoms with E-state index < -0.39 is 17.0 Å². The average molecular weight is 416 g/mol. The Labute approximate surface area is 175 Å². The van der Waals surface area contributed by atoms with Gasteiger partial charge in [-0.3, -0.25) is 9.69 Å². The zero-order chi connectivity index (χ0) is 21.7. The van der Waals surface area contributed by atoms with E-state index in [0.29, 0.717) is 31.7 Å². The molecular weight excluding hydrogens is 389 g/mol. The molecule has 2 aliphatic heterocycles. The predicted octanol–water partition coefficient (Wildman–Crippen LogP) is 5.03. The van der Waals surface area contributed by atoms with Gasteiger partial charge in [0.2, 0.25) is 5.91 Å². The Balaban J connectivity index is 1.56. The second-order valence-corrected chi connectivity index (χ2v) is 9.59. The standard InChI is InChI=1S/C24H27F3N2O/c1-23(2,3)22(30)29-15-24(19-13-18(26)5-7-21(19)29)8-10-28(11-9-24)14-16-12-17(25)4-6-20(16)27/h4-7,12-13H,8-11,14-15H2,1-3H3. The third kappa shape index (κ3) is 3.73. The lowest BCUT2D eigenvalue weighted by Gasteiger charge is -2.40. The molecule has 160 valence electrons. The minimum Gasteiger partial charge on any atom is -0.311 e. The number of halogens is 3. The maximum atomic E-state index is 14.1. The number of nitrogens with zero attached hydrogens (tertiary/aromatic N) is 2. The number of piperidine rings is 1. The van der Waals surface area contributed by atoms with Gasteiger partial charge in [0.05, 0.1) is 0 Å². The zero-order valence-electron chi connectivity index (χ0n) is 17.6. The zero-order valence-corrected chi connectivity index (χ0v) is 17.6. The number of anilines is 1. The number of hydrogen-bond acceptors (Lipinski definition) is 2. The Bertz CT molecular complexity index is 975. The van der Waals surface area contributed by atoms with Crippen LogP contribution < -0.4 is 4.90 Å². The van der Waals surface area contributed by atoms with E-state index in [0.717, 1.165) is 36.2 Å². The van der Waals surface area contributed by atoms with Crippen molar-refractivity contribution in [2.24, 2.45) is 5.41 Å². The first-order chi connectivity index (χ1) is 14.1. The molecule has 1 amide bonds. The molecule has 2 aromatic rings. The third-order valence-corrected chi connectivity index (χ3v) is 6.38. The summed E-state index contributed by atoms with van der Waals surface area (Å²) in [6.07, 6.45) is 1.46. The number of likely N-dealkylation sites (tertiary alicyclic amines) is 1. The van der Waals surface area contributed by atoms with Gasteiger partial charge < -0.3 is 4.90 Å². The van der Waals surface area contributed by atoms with Gasteiger partial charge in [-0.1, -0.05) is 20.8 Å². The second kappa shape index (κ2) is 7.41. The first kappa shape index (κ1) is 20.9. The van der Waals surface area contributed by atoms with E-state index in [2.05, 4.69) is 4.90 Å². The van der Waals surface area contributed by atoms with E-state index in [9.17, 15) is 18.0 Å². The van der Waals surface area contributed by atoms with Crippen LogP contribution in [0.5, 0.6) is 0 Å². The van der Waals surface area contributed by atoms with Crippen molar-refractivity contribution in [3.63, 3.8) is 0 Å². The van der Waals surface area contributed by atoms with Gasteiger partial charge in [0.25, 0.3) is 0 Å². The number of rotatable bonds is 2. The molecule has 0 aliphatic carbocycles. The molecule has 2 heterocycles. The van der Waals surface area contributed by atoms with Crippen molar-refractivity contribution in [3.05, 3.63) is 65.0 Å². The molecule has 1 spiro atoms. The highest BCUT2D eigenvalue weighted by molar-refractivity contribution is 5.99. The summed E-state index contributed by atoms with van der Waals surface area (Å²) < 4.78 is 41.7. The van der Waals surface area contributed by atoms with Crippen LogP contribution in [0.3, 0.4) is 0 Å². The Morgan fingerprint density at radius 2 is 1.63 bits per heavy atom. The van der Waals surface area contributed by atoms with Gasteiger partial charge in [-0.2, -0.15) is 0 Å². The fraction of sp³-hybridized carbons (Fsp3) is 0.458. The highest BCUT2D eigenvalue weighted by atomic mass is 19.1. The third-order valence-electron chi connectivity index (χ3n) is 6.38. The highest BCUT2D eigenvalue weighted by Crippen LogP contribution is 2.48. The van der Waals surface area contributed by atoms with E-state index in [1.54, 1.807) is 17.0 Å². The van der Waals surface area contributed by atoms with Gasteiger partial charge in [0.15, 0.2) is 0 Å². The monoisotopic (exact) mass is 416 g/mol. The normalized spacial score (nSPS) is 18.7. The number of amides is 1. The average Bonchev–Trinajstić information content (AvgIpc) is 2.98. The molecule has 30 heavy (non-hydrogen) atoms. The van der Waals surface area contributed by atoms with Crippen LogP contribution in [-0.2, 0) is 16.8 Å². The van der Waals surface area contributed by atoms with Crippen molar-refractivity contribution in [2.75, 3.05) is 24.5 Å². The molecule has 4 rings (SSSR count). The van der Waals surface area contributed by atoms with Crippen LogP contribution in [0.4, 0.5) is 18.9 Å². The van der Waals surface area contributed by atoms with E-state index >= 15 is 0 Å². The van der Waals surface area contributed by atoms with Gasteiger partial charge in [-0.25, -0.2) is 13.2 Å². The van der Waals surface area contributed by atoms with Crippen LogP contribution in [0.1, 0.15) is 44.7 Å². The van der Waals surface area contributed by atoms with Crippen molar-refractivity contribution < 1.29 is 18.0 Å². The quantitative estimate of drug-likeness (QED) is 0.686. The molecule has 3 nitrogen and oxygen atoms in total. The lowest BCUT2D eigenvalue weighted by atomic mass is 9.74. The van der Waals surface area contributed by atoms with Crippen LogP contribution in [0.25, 0.3) is 0 Å². The van der Waals surface area contributed by atoms with Gasteiger partial charge in [0.1, 0.15) is 17.5 Å². The molecule has 0 saturated carbocycles. The van der Waals surface area contributed by atoms with Gasteiger partial charge in [0, 0.05) is 35.2 Å². The fourth-order valence-corrected chi connectivity index (χ4v) is 4.70. The molecule has 0 bridgehead atoms. The topological polar surface area (TPSA) is 23.6 Å². The Kier molecular flexibility index (Phi) is 5.17. The fourth-order valence-electron chi connectivity index (χ4n) is 4.70. The number of benzene rings is 2. The maximum absolute atomic E-state index is 14.1. The molecule has 2 aromatic carbocycles. The summed E-state index contributed by atoms with van der Waals surface area (Å²) in [6.45, 7) is 7.87. The Morgan fingerprint density at radius 1 is 1.00 bits per heavy atom. The van der Waals surface area contributed by atoms with Crippen LogP contribution in [0.2, 0.25) is 0 Å². The number of fused-ring (bicyclic) bond motifs is 2. The van der Waals surface area contributed by atoms with Crippen LogP contribution >= 0.6 is 0 Å². The molecule has 0 atom stereocenters. The highest BCUT2D eigenvalue weighted by Gasteiger charge is 2.48. The molecule has 1 saturated heterocycles. The summed E-state index contributed by atoms with van der Waals surface area (Å²) in [5.41, 5.74) is 1.17. The van der Waals surface area contributed by atoms with Crippen molar-refractivity contribution >= 4 is 11.6 Å². The maximum Gasteiger partial charge on any atom is 0.232 e. The molecule has 0 N–H and O–H groups in total. The first-order valence-corrected chi connectivity index (χ1v) is 10.4. The van der Waals surface area contributed by atoms with Crippen LogP contribution in [0, 0.1) is 22.9 Å².